The van der Waals surface area contributed by atoms with Gasteiger partial charge in [-0.3, -0.25) is 9.59 Å². The number of carboxylic acid groups (broad SMARTS) is 1. The molecule has 0 saturated heterocycles. The predicted octanol–water partition coefficient (Wildman–Crippen LogP) is 4.23. The van der Waals surface area contributed by atoms with Crippen molar-refractivity contribution in [3.05, 3.63) is 90.0 Å². The summed E-state index contributed by atoms with van der Waals surface area (Å²) >= 11 is 0. The Kier molecular flexibility index (Phi) is 4.90. The lowest BCUT2D eigenvalue weighted by atomic mass is 10.0. The summed E-state index contributed by atoms with van der Waals surface area (Å²) in [6.45, 7) is 0. The maximum atomic E-state index is 12.3. The summed E-state index contributed by atoms with van der Waals surface area (Å²) in [4.78, 5) is 23.0. The Morgan fingerprint density at radius 3 is 1.96 bits per heavy atom. The lowest BCUT2D eigenvalue weighted by molar-refractivity contribution is -0.136. The van der Waals surface area contributed by atoms with Crippen LogP contribution in [0.2, 0.25) is 0 Å². The number of rotatable bonds is 5. The van der Waals surface area contributed by atoms with Crippen molar-refractivity contribution in [1.29, 1.82) is 0 Å². The SMILES string of the molecule is O=C(O)Cc1ccc(NC(=O)c2ccc(-c3ccccc3)cc2)cc1. The molecule has 1 amide bonds. The van der Waals surface area contributed by atoms with Gasteiger partial charge in [-0.1, -0.05) is 54.6 Å². The van der Waals surface area contributed by atoms with Gasteiger partial charge in [-0.25, -0.2) is 0 Å². The van der Waals surface area contributed by atoms with Gasteiger partial charge in [0.2, 0.25) is 0 Å². The van der Waals surface area contributed by atoms with Crippen molar-refractivity contribution in [3.63, 3.8) is 0 Å². The van der Waals surface area contributed by atoms with E-state index in [2.05, 4.69) is 5.32 Å². The number of amides is 1. The van der Waals surface area contributed by atoms with Crippen molar-refractivity contribution >= 4 is 17.6 Å². The molecule has 0 aliphatic rings. The number of carbonyl (C=O) groups excluding carboxylic acids is 1. The van der Waals surface area contributed by atoms with Gasteiger partial charge in [-0.2, -0.15) is 0 Å². The van der Waals surface area contributed by atoms with Gasteiger partial charge in [-0.05, 0) is 41.0 Å². The van der Waals surface area contributed by atoms with E-state index < -0.39 is 5.97 Å². The molecule has 0 fully saturated rings. The highest BCUT2D eigenvalue weighted by atomic mass is 16.4. The molecule has 0 aliphatic carbocycles. The van der Waals surface area contributed by atoms with Crippen LogP contribution in [0.3, 0.4) is 0 Å². The first-order chi connectivity index (χ1) is 12.1. The molecule has 0 radical (unpaired) electrons. The van der Waals surface area contributed by atoms with E-state index in [-0.39, 0.29) is 12.3 Å². The quantitative estimate of drug-likeness (QED) is 0.735. The second kappa shape index (κ2) is 7.45. The molecule has 124 valence electrons. The number of hydrogen-bond donors (Lipinski definition) is 2. The normalized spacial score (nSPS) is 10.2. The monoisotopic (exact) mass is 331 g/mol. The molecule has 0 saturated carbocycles. The van der Waals surface area contributed by atoms with Crippen molar-refractivity contribution in [2.24, 2.45) is 0 Å². The van der Waals surface area contributed by atoms with Crippen LogP contribution in [0.15, 0.2) is 78.9 Å². The Balaban J connectivity index is 1.68. The highest BCUT2D eigenvalue weighted by Gasteiger charge is 2.07. The van der Waals surface area contributed by atoms with E-state index in [0.29, 0.717) is 16.8 Å². The zero-order valence-electron chi connectivity index (χ0n) is 13.5. The van der Waals surface area contributed by atoms with Crippen LogP contribution in [0.5, 0.6) is 0 Å². The predicted molar refractivity (Wildman–Crippen MR) is 97.6 cm³/mol. The van der Waals surface area contributed by atoms with Crippen LogP contribution in [0.1, 0.15) is 15.9 Å². The van der Waals surface area contributed by atoms with Crippen LogP contribution in [0.4, 0.5) is 5.69 Å². The van der Waals surface area contributed by atoms with Gasteiger partial charge in [0.05, 0.1) is 6.42 Å². The molecule has 3 aromatic carbocycles. The molecule has 0 bridgehead atoms. The minimum atomic E-state index is -0.879. The molecule has 0 unspecified atom stereocenters. The van der Waals surface area contributed by atoms with E-state index in [1.54, 1.807) is 36.4 Å². The summed E-state index contributed by atoms with van der Waals surface area (Å²) in [6.07, 6.45) is -0.0326. The summed E-state index contributed by atoms with van der Waals surface area (Å²) in [5.41, 5.74) is 4.04. The molecule has 0 atom stereocenters. The van der Waals surface area contributed by atoms with E-state index in [0.717, 1.165) is 11.1 Å². The molecule has 2 N–H and O–H groups in total. The molecule has 3 rings (SSSR count). The number of carbonyl (C=O) groups is 2. The smallest absolute Gasteiger partial charge is 0.307 e. The van der Waals surface area contributed by atoms with Crippen molar-refractivity contribution < 1.29 is 14.7 Å². The Morgan fingerprint density at radius 2 is 1.36 bits per heavy atom. The maximum absolute atomic E-state index is 12.3. The fourth-order valence-corrected chi connectivity index (χ4v) is 2.53. The van der Waals surface area contributed by atoms with E-state index in [1.807, 2.05) is 42.5 Å². The number of benzene rings is 3. The van der Waals surface area contributed by atoms with Crippen LogP contribution in [-0.2, 0) is 11.2 Å². The Hall–Kier alpha value is -3.40. The average Bonchev–Trinajstić information content (AvgIpc) is 2.64. The van der Waals surface area contributed by atoms with Gasteiger partial charge in [0, 0.05) is 11.3 Å². The highest BCUT2D eigenvalue weighted by molar-refractivity contribution is 6.04. The van der Waals surface area contributed by atoms with Gasteiger partial charge >= 0.3 is 5.97 Å². The third-order valence-corrected chi connectivity index (χ3v) is 3.82. The maximum Gasteiger partial charge on any atom is 0.307 e. The van der Waals surface area contributed by atoms with Gasteiger partial charge < -0.3 is 10.4 Å². The van der Waals surface area contributed by atoms with Crippen molar-refractivity contribution in [1.82, 2.24) is 0 Å². The largest absolute Gasteiger partial charge is 0.481 e. The first-order valence-electron chi connectivity index (χ1n) is 7.89. The van der Waals surface area contributed by atoms with Gasteiger partial charge in [0.1, 0.15) is 0 Å². The lowest BCUT2D eigenvalue weighted by Crippen LogP contribution is -2.11. The number of aliphatic carboxylic acids is 1. The number of nitrogens with one attached hydrogen (secondary N) is 1. The summed E-state index contributed by atoms with van der Waals surface area (Å²) in [6, 6.07) is 24.2. The zero-order chi connectivity index (χ0) is 17.6. The van der Waals surface area contributed by atoms with Crippen LogP contribution in [0.25, 0.3) is 11.1 Å². The molecule has 25 heavy (non-hydrogen) atoms. The van der Waals surface area contributed by atoms with E-state index in [9.17, 15) is 9.59 Å². The minimum Gasteiger partial charge on any atom is -0.481 e. The van der Waals surface area contributed by atoms with Crippen LogP contribution in [-0.4, -0.2) is 17.0 Å². The van der Waals surface area contributed by atoms with E-state index in [4.69, 9.17) is 5.11 Å². The van der Waals surface area contributed by atoms with Crippen molar-refractivity contribution in [2.75, 3.05) is 5.32 Å². The first-order valence-corrected chi connectivity index (χ1v) is 7.89. The molecule has 3 aromatic rings. The highest BCUT2D eigenvalue weighted by Crippen LogP contribution is 2.20. The summed E-state index contributed by atoms with van der Waals surface area (Å²) in [7, 11) is 0. The van der Waals surface area contributed by atoms with Gasteiger partial charge in [0.25, 0.3) is 5.91 Å². The van der Waals surface area contributed by atoms with E-state index in [1.165, 1.54) is 0 Å². The molecular formula is C21H17NO3. The number of hydrogen-bond acceptors (Lipinski definition) is 2. The molecular weight excluding hydrogens is 314 g/mol. The molecule has 0 spiro atoms. The third-order valence-electron chi connectivity index (χ3n) is 3.82. The Bertz CT molecular complexity index is 869. The van der Waals surface area contributed by atoms with Crippen LogP contribution in [0, 0.1) is 0 Å². The molecule has 4 heteroatoms. The number of carboxylic acids is 1. The van der Waals surface area contributed by atoms with Crippen molar-refractivity contribution in [3.8, 4) is 11.1 Å². The standard InChI is InChI=1S/C21H17NO3/c23-20(24)14-15-6-12-19(13-7-15)22-21(25)18-10-8-17(9-11-18)16-4-2-1-3-5-16/h1-13H,14H2,(H,22,25)(H,23,24). The topological polar surface area (TPSA) is 66.4 Å². The van der Waals surface area contributed by atoms with E-state index >= 15 is 0 Å². The third kappa shape index (κ3) is 4.32. The Morgan fingerprint density at radius 1 is 0.760 bits per heavy atom. The number of anilines is 1. The van der Waals surface area contributed by atoms with Crippen LogP contribution >= 0.6 is 0 Å². The lowest BCUT2D eigenvalue weighted by Gasteiger charge is -2.07. The summed E-state index contributed by atoms with van der Waals surface area (Å²) in [5.74, 6) is -1.08. The summed E-state index contributed by atoms with van der Waals surface area (Å²) < 4.78 is 0. The van der Waals surface area contributed by atoms with Gasteiger partial charge in [-0.15, -0.1) is 0 Å². The second-order valence-corrected chi connectivity index (χ2v) is 5.66. The molecule has 4 nitrogen and oxygen atoms in total. The average molecular weight is 331 g/mol. The van der Waals surface area contributed by atoms with Crippen molar-refractivity contribution in [2.45, 2.75) is 6.42 Å². The minimum absolute atomic E-state index is 0.0326. The fourth-order valence-electron chi connectivity index (χ4n) is 2.53. The first kappa shape index (κ1) is 16.5. The fraction of sp³-hybridized carbons (Fsp3) is 0.0476. The Labute approximate surface area is 145 Å². The summed E-state index contributed by atoms with van der Waals surface area (Å²) in [5, 5.41) is 11.6. The second-order valence-electron chi connectivity index (χ2n) is 5.66. The molecule has 0 heterocycles. The zero-order valence-corrected chi connectivity index (χ0v) is 13.5. The molecule has 0 aromatic heterocycles. The van der Waals surface area contributed by atoms with Crippen LogP contribution < -0.4 is 5.32 Å². The molecule has 0 aliphatic heterocycles. The van der Waals surface area contributed by atoms with Gasteiger partial charge in [0.15, 0.2) is 0 Å².